The summed E-state index contributed by atoms with van der Waals surface area (Å²) in [6, 6.07) is 3.58. The lowest BCUT2D eigenvalue weighted by molar-refractivity contribution is -0.144. The Morgan fingerprint density at radius 1 is 1.67 bits per heavy atom. The Morgan fingerprint density at radius 2 is 2.39 bits per heavy atom. The summed E-state index contributed by atoms with van der Waals surface area (Å²) in [5.41, 5.74) is -0.867. The first-order valence-electron chi connectivity index (χ1n) is 5.65. The maximum Gasteiger partial charge on any atom is 0.323 e. The first-order chi connectivity index (χ1) is 8.49. The third-order valence-corrected chi connectivity index (χ3v) is 4.32. The second-order valence-electron chi connectivity index (χ2n) is 4.13. The van der Waals surface area contributed by atoms with Gasteiger partial charge < -0.3 is 10.4 Å². The Kier molecular flexibility index (Phi) is 5.91. The first-order valence-corrected chi connectivity index (χ1v) is 7.01. The van der Waals surface area contributed by atoms with Crippen molar-refractivity contribution in [3.05, 3.63) is 23.4 Å². The average molecular weight is 289 g/mol. The molecule has 0 spiro atoms. The van der Waals surface area contributed by atoms with Crippen LogP contribution >= 0.6 is 23.4 Å². The van der Waals surface area contributed by atoms with E-state index in [0.717, 1.165) is 17.2 Å². The molecule has 0 amide bonds. The molecule has 4 nitrogen and oxygen atoms in total. The third kappa shape index (κ3) is 4.15. The number of rotatable bonds is 7. The minimum Gasteiger partial charge on any atom is -0.480 e. The van der Waals surface area contributed by atoms with E-state index in [1.54, 1.807) is 44.1 Å². The fourth-order valence-electron chi connectivity index (χ4n) is 1.41. The van der Waals surface area contributed by atoms with E-state index in [9.17, 15) is 4.79 Å². The third-order valence-electron chi connectivity index (χ3n) is 2.81. The summed E-state index contributed by atoms with van der Waals surface area (Å²) < 4.78 is 0. The lowest BCUT2D eigenvalue weighted by atomic mass is 9.97. The predicted octanol–water partition coefficient (Wildman–Crippen LogP) is 2.67. The molecule has 18 heavy (non-hydrogen) atoms. The van der Waals surface area contributed by atoms with Crippen LogP contribution in [0.1, 0.15) is 19.8 Å². The van der Waals surface area contributed by atoms with Crippen LogP contribution in [0, 0.1) is 0 Å². The van der Waals surface area contributed by atoms with E-state index in [4.69, 9.17) is 16.7 Å². The van der Waals surface area contributed by atoms with Crippen molar-refractivity contribution < 1.29 is 9.90 Å². The van der Waals surface area contributed by atoms with Crippen LogP contribution in [-0.2, 0) is 4.79 Å². The summed E-state index contributed by atoms with van der Waals surface area (Å²) in [4.78, 5) is 15.2. The normalized spacial score (nSPS) is 14.2. The largest absolute Gasteiger partial charge is 0.480 e. The zero-order valence-electron chi connectivity index (χ0n) is 10.4. The summed E-state index contributed by atoms with van der Waals surface area (Å²) in [7, 11) is 1.66. The number of likely N-dealkylation sites (N-methyl/N-ethyl adjacent to an activating group) is 1. The molecule has 1 aromatic heterocycles. The summed E-state index contributed by atoms with van der Waals surface area (Å²) in [6.07, 6.45) is 3.04. The monoisotopic (exact) mass is 288 g/mol. The van der Waals surface area contributed by atoms with Crippen molar-refractivity contribution in [1.29, 1.82) is 0 Å². The van der Waals surface area contributed by atoms with Crippen LogP contribution in [0.4, 0.5) is 0 Å². The van der Waals surface area contributed by atoms with Gasteiger partial charge in [-0.05, 0) is 44.7 Å². The molecule has 0 fully saturated rings. The second-order valence-corrected chi connectivity index (χ2v) is 5.62. The van der Waals surface area contributed by atoms with E-state index in [2.05, 4.69) is 10.3 Å². The molecule has 0 saturated carbocycles. The number of nitrogens with zero attached hydrogens (tertiary/aromatic N) is 1. The average Bonchev–Trinajstić information content (AvgIpc) is 2.36. The van der Waals surface area contributed by atoms with Crippen molar-refractivity contribution in [2.75, 3.05) is 12.8 Å². The summed E-state index contributed by atoms with van der Waals surface area (Å²) in [5.74, 6) is -0.0350. The number of pyridine rings is 1. The van der Waals surface area contributed by atoms with Crippen LogP contribution in [0.5, 0.6) is 0 Å². The zero-order chi connectivity index (χ0) is 13.6. The number of carbonyl (C=O) groups is 1. The standard InChI is InChI=1S/C12H17ClN2O2S/c1-12(14-2,11(16)17)6-4-8-18-10-9(13)5-3-7-15-10/h3,5,7,14H,4,6,8H2,1-2H3,(H,16,17). The minimum absolute atomic E-state index is 0.566. The molecule has 1 aromatic rings. The van der Waals surface area contributed by atoms with E-state index >= 15 is 0 Å². The van der Waals surface area contributed by atoms with Gasteiger partial charge >= 0.3 is 5.97 Å². The number of carboxylic acids is 1. The van der Waals surface area contributed by atoms with Gasteiger partial charge in [0, 0.05) is 6.20 Å². The molecule has 100 valence electrons. The van der Waals surface area contributed by atoms with E-state index in [-0.39, 0.29) is 0 Å². The molecule has 1 unspecified atom stereocenters. The highest BCUT2D eigenvalue weighted by Gasteiger charge is 2.30. The second kappa shape index (κ2) is 6.97. The van der Waals surface area contributed by atoms with E-state index in [1.165, 1.54) is 0 Å². The van der Waals surface area contributed by atoms with Crippen LogP contribution in [0.3, 0.4) is 0 Å². The Balaban J connectivity index is 2.39. The van der Waals surface area contributed by atoms with Gasteiger partial charge in [-0.15, -0.1) is 11.8 Å². The highest BCUT2D eigenvalue weighted by atomic mass is 35.5. The Labute approximate surface area is 116 Å². The van der Waals surface area contributed by atoms with Crippen molar-refractivity contribution in [3.8, 4) is 0 Å². The molecule has 0 aliphatic heterocycles. The summed E-state index contributed by atoms with van der Waals surface area (Å²) in [6.45, 7) is 1.69. The highest BCUT2D eigenvalue weighted by molar-refractivity contribution is 7.99. The number of aromatic nitrogens is 1. The highest BCUT2D eigenvalue weighted by Crippen LogP contribution is 2.25. The molecule has 0 aliphatic rings. The van der Waals surface area contributed by atoms with Crippen molar-refractivity contribution in [2.24, 2.45) is 0 Å². The maximum absolute atomic E-state index is 11.1. The van der Waals surface area contributed by atoms with Gasteiger partial charge in [-0.1, -0.05) is 11.6 Å². The van der Waals surface area contributed by atoms with Gasteiger partial charge in [0.2, 0.25) is 0 Å². The van der Waals surface area contributed by atoms with Crippen LogP contribution in [0.15, 0.2) is 23.4 Å². The maximum atomic E-state index is 11.1. The van der Waals surface area contributed by atoms with Crippen LogP contribution in [-0.4, -0.2) is 34.4 Å². The van der Waals surface area contributed by atoms with Gasteiger partial charge in [-0.3, -0.25) is 4.79 Å². The molecule has 6 heteroatoms. The molecular weight excluding hydrogens is 272 g/mol. The number of hydrogen-bond donors (Lipinski definition) is 2. The number of halogens is 1. The van der Waals surface area contributed by atoms with E-state index in [1.807, 2.05) is 0 Å². The lowest BCUT2D eigenvalue weighted by Gasteiger charge is -2.23. The van der Waals surface area contributed by atoms with Gasteiger partial charge in [0.1, 0.15) is 10.6 Å². The van der Waals surface area contributed by atoms with Gasteiger partial charge in [-0.2, -0.15) is 0 Å². The molecule has 0 aromatic carbocycles. The molecule has 2 N–H and O–H groups in total. The minimum atomic E-state index is -0.867. The van der Waals surface area contributed by atoms with Crippen molar-refractivity contribution >= 4 is 29.3 Å². The number of nitrogens with one attached hydrogen (secondary N) is 1. The quantitative estimate of drug-likeness (QED) is 0.597. The van der Waals surface area contributed by atoms with Crippen LogP contribution < -0.4 is 5.32 Å². The molecular formula is C12H17ClN2O2S. The smallest absolute Gasteiger partial charge is 0.323 e. The fraction of sp³-hybridized carbons (Fsp3) is 0.500. The number of aliphatic carboxylic acids is 1. The molecule has 1 heterocycles. The Hall–Kier alpha value is -0.780. The van der Waals surface area contributed by atoms with Crippen molar-refractivity contribution in [3.63, 3.8) is 0 Å². The molecule has 0 bridgehead atoms. The van der Waals surface area contributed by atoms with Crippen molar-refractivity contribution in [1.82, 2.24) is 10.3 Å². The molecule has 1 atom stereocenters. The zero-order valence-corrected chi connectivity index (χ0v) is 12.0. The van der Waals surface area contributed by atoms with Gasteiger partial charge in [0.15, 0.2) is 0 Å². The molecule has 1 rings (SSSR count). The Morgan fingerprint density at radius 3 is 2.94 bits per heavy atom. The molecule has 0 saturated heterocycles. The van der Waals surface area contributed by atoms with Gasteiger partial charge in [0.05, 0.1) is 5.02 Å². The number of thioether (sulfide) groups is 1. The van der Waals surface area contributed by atoms with Crippen molar-refractivity contribution in [2.45, 2.75) is 30.3 Å². The van der Waals surface area contributed by atoms with Crippen LogP contribution in [0.25, 0.3) is 0 Å². The lowest BCUT2D eigenvalue weighted by Crippen LogP contribution is -2.47. The predicted molar refractivity (Wildman–Crippen MR) is 74.3 cm³/mol. The summed E-state index contributed by atoms with van der Waals surface area (Å²) >= 11 is 7.53. The molecule has 0 aliphatic carbocycles. The Bertz CT molecular complexity index is 417. The van der Waals surface area contributed by atoms with Gasteiger partial charge in [-0.25, -0.2) is 4.98 Å². The van der Waals surface area contributed by atoms with Gasteiger partial charge in [0.25, 0.3) is 0 Å². The number of hydrogen-bond acceptors (Lipinski definition) is 4. The molecule has 0 radical (unpaired) electrons. The van der Waals surface area contributed by atoms with E-state index in [0.29, 0.717) is 11.4 Å². The van der Waals surface area contributed by atoms with Crippen LogP contribution in [0.2, 0.25) is 5.02 Å². The summed E-state index contributed by atoms with van der Waals surface area (Å²) in [5, 5.41) is 13.4. The topological polar surface area (TPSA) is 62.2 Å². The number of carboxylic acid groups (broad SMARTS) is 1. The SMILES string of the molecule is CNC(C)(CCCSc1ncccc1Cl)C(=O)O. The first kappa shape index (κ1) is 15.3. The van der Waals surface area contributed by atoms with E-state index < -0.39 is 11.5 Å². The fourth-order valence-corrected chi connectivity index (χ4v) is 2.52.